The maximum atomic E-state index is 5.78. The highest BCUT2D eigenvalue weighted by atomic mass is 16.8. The third-order valence-electron chi connectivity index (χ3n) is 3.01. The second-order valence-corrected chi connectivity index (χ2v) is 5.10. The van der Waals surface area contributed by atoms with Gasteiger partial charge in [-0.1, -0.05) is 13.8 Å². The van der Waals surface area contributed by atoms with E-state index in [1.807, 2.05) is 0 Å². The van der Waals surface area contributed by atoms with Gasteiger partial charge < -0.3 is 14.0 Å². The van der Waals surface area contributed by atoms with Crippen LogP contribution in [0, 0.1) is 5.92 Å². The Kier molecular flexibility index (Phi) is 3.29. The van der Waals surface area contributed by atoms with Crippen molar-refractivity contribution < 1.29 is 14.0 Å². The zero-order valence-electron chi connectivity index (χ0n) is 10.1. The molecule has 1 aliphatic heterocycles. The normalized spacial score (nSPS) is 31.5. The molecule has 1 rings (SSSR count). The first-order valence-corrected chi connectivity index (χ1v) is 5.19. The monoisotopic (exact) mass is 200 g/mol. The highest BCUT2D eigenvalue weighted by Crippen LogP contribution is 2.41. The molecule has 3 nitrogen and oxygen atoms in total. The molecule has 1 unspecified atom stereocenters. The maximum Gasteiger partial charge on any atom is 0.640 e. The average Bonchev–Trinajstić information content (AvgIpc) is 2.21. The summed E-state index contributed by atoms with van der Waals surface area (Å²) in [6, 6.07) is 0. The van der Waals surface area contributed by atoms with Crippen molar-refractivity contribution >= 4 is 7.32 Å². The van der Waals surface area contributed by atoms with Gasteiger partial charge in [0.15, 0.2) is 0 Å². The van der Waals surface area contributed by atoms with E-state index in [4.69, 9.17) is 14.0 Å². The van der Waals surface area contributed by atoms with E-state index in [0.29, 0.717) is 5.92 Å². The van der Waals surface area contributed by atoms with Crippen molar-refractivity contribution in [3.05, 3.63) is 0 Å². The van der Waals surface area contributed by atoms with Crippen LogP contribution in [0.4, 0.5) is 0 Å². The number of rotatable bonds is 3. The third-order valence-corrected chi connectivity index (χ3v) is 3.01. The van der Waals surface area contributed by atoms with Crippen LogP contribution in [0.2, 0.25) is 0 Å². The Hall–Kier alpha value is -0.0551. The highest BCUT2D eigenvalue weighted by molar-refractivity contribution is 6.37. The second-order valence-electron chi connectivity index (χ2n) is 5.10. The minimum Gasteiger partial charge on any atom is -0.389 e. The summed E-state index contributed by atoms with van der Waals surface area (Å²) in [6.45, 7) is 10.6. The number of hydrogen-bond donors (Lipinski definition) is 0. The van der Waals surface area contributed by atoms with Gasteiger partial charge in [0, 0.05) is 7.11 Å². The van der Waals surface area contributed by atoms with Crippen LogP contribution in [0.3, 0.4) is 0 Å². The molecule has 1 heterocycles. The number of hydrogen-bond acceptors (Lipinski definition) is 3. The van der Waals surface area contributed by atoms with E-state index >= 15 is 0 Å². The van der Waals surface area contributed by atoms with Gasteiger partial charge in [-0.2, -0.15) is 0 Å². The summed E-state index contributed by atoms with van der Waals surface area (Å²) in [5, 5.41) is 0. The predicted molar refractivity (Wildman–Crippen MR) is 56.9 cm³/mol. The first-order chi connectivity index (χ1) is 6.31. The average molecular weight is 200 g/mol. The lowest BCUT2D eigenvalue weighted by atomic mass is 9.81. The third kappa shape index (κ3) is 2.13. The van der Waals surface area contributed by atoms with Crippen molar-refractivity contribution in [1.82, 2.24) is 0 Å². The Morgan fingerprint density at radius 3 is 2.14 bits per heavy atom. The van der Waals surface area contributed by atoms with Crippen LogP contribution in [0.5, 0.6) is 0 Å². The van der Waals surface area contributed by atoms with Crippen molar-refractivity contribution in [1.29, 1.82) is 0 Å². The molecular formula is C10H21BO3. The fourth-order valence-electron chi connectivity index (χ4n) is 1.91. The molecule has 1 atom stereocenters. The minimum absolute atomic E-state index is 0.262. The molecule has 0 saturated carbocycles. The zero-order chi connectivity index (χ0) is 11.0. The molecule has 0 aromatic heterocycles. The van der Waals surface area contributed by atoms with Gasteiger partial charge >= 0.3 is 7.32 Å². The van der Waals surface area contributed by atoms with Gasteiger partial charge in [0.05, 0.1) is 11.2 Å². The molecule has 0 amide bonds. The predicted octanol–water partition coefficient (Wildman–Crippen LogP) is 2.25. The highest BCUT2D eigenvalue weighted by Gasteiger charge is 2.55. The van der Waals surface area contributed by atoms with Crippen molar-refractivity contribution in [3.8, 4) is 0 Å². The molecule has 4 heteroatoms. The molecule has 1 aliphatic rings. The molecule has 1 saturated heterocycles. The van der Waals surface area contributed by atoms with Crippen LogP contribution in [-0.2, 0) is 14.0 Å². The summed E-state index contributed by atoms with van der Waals surface area (Å²) >= 11 is 0. The Morgan fingerprint density at radius 2 is 1.79 bits per heavy atom. The molecule has 0 aromatic rings. The molecule has 14 heavy (non-hydrogen) atoms. The van der Waals surface area contributed by atoms with E-state index < -0.39 is 7.32 Å². The van der Waals surface area contributed by atoms with E-state index in [-0.39, 0.29) is 11.2 Å². The van der Waals surface area contributed by atoms with Crippen LogP contribution in [-0.4, -0.2) is 25.6 Å². The zero-order valence-corrected chi connectivity index (χ0v) is 10.1. The van der Waals surface area contributed by atoms with Gasteiger partial charge in [-0.3, -0.25) is 0 Å². The van der Waals surface area contributed by atoms with Gasteiger partial charge in [0.25, 0.3) is 0 Å². The Labute approximate surface area is 87.3 Å². The first kappa shape index (κ1) is 12.0. The summed E-state index contributed by atoms with van der Waals surface area (Å²) in [7, 11) is 1.08. The van der Waals surface area contributed by atoms with E-state index in [1.54, 1.807) is 7.11 Å². The van der Waals surface area contributed by atoms with Crippen LogP contribution in [0.15, 0.2) is 0 Å². The molecule has 0 bridgehead atoms. The lowest BCUT2D eigenvalue weighted by molar-refractivity contribution is -0.0240. The van der Waals surface area contributed by atoms with Crippen molar-refractivity contribution in [2.45, 2.75) is 52.2 Å². The lowest BCUT2D eigenvalue weighted by Crippen LogP contribution is -2.45. The standard InChI is InChI=1S/C10H21BO3/c1-8(2)7-10(5)9(3,4)13-11(12-6)14-10/h8H,7H2,1-6H3. The summed E-state index contributed by atoms with van der Waals surface area (Å²) in [6.07, 6.45) is 0.972. The van der Waals surface area contributed by atoms with Crippen LogP contribution in [0.25, 0.3) is 0 Å². The van der Waals surface area contributed by atoms with Crippen molar-refractivity contribution in [2.24, 2.45) is 5.92 Å². The summed E-state index contributed by atoms with van der Waals surface area (Å²) < 4.78 is 16.5. The van der Waals surface area contributed by atoms with Crippen LogP contribution in [0.1, 0.15) is 41.0 Å². The smallest absolute Gasteiger partial charge is 0.389 e. The van der Waals surface area contributed by atoms with Crippen molar-refractivity contribution in [3.63, 3.8) is 0 Å². The van der Waals surface area contributed by atoms with E-state index in [2.05, 4.69) is 34.6 Å². The van der Waals surface area contributed by atoms with Crippen LogP contribution >= 0.6 is 0 Å². The van der Waals surface area contributed by atoms with E-state index in [9.17, 15) is 0 Å². The second kappa shape index (κ2) is 3.84. The van der Waals surface area contributed by atoms with Gasteiger partial charge in [-0.05, 0) is 33.1 Å². The van der Waals surface area contributed by atoms with Gasteiger partial charge in [-0.15, -0.1) is 0 Å². The fourth-order valence-corrected chi connectivity index (χ4v) is 1.91. The molecule has 0 radical (unpaired) electrons. The molecule has 0 N–H and O–H groups in total. The van der Waals surface area contributed by atoms with Gasteiger partial charge in [-0.25, -0.2) is 0 Å². The maximum absolute atomic E-state index is 5.78. The minimum atomic E-state index is -0.520. The molecule has 0 aliphatic carbocycles. The lowest BCUT2D eigenvalue weighted by Gasteiger charge is -2.37. The Morgan fingerprint density at radius 1 is 1.21 bits per heavy atom. The topological polar surface area (TPSA) is 27.7 Å². The van der Waals surface area contributed by atoms with E-state index in [1.165, 1.54) is 0 Å². The molecular weight excluding hydrogens is 179 g/mol. The SMILES string of the molecule is COB1OC(C)(C)C(C)(CC(C)C)O1. The fraction of sp³-hybridized carbons (Fsp3) is 1.00. The Bertz CT molecular complexity index is 206. The Balaban J connectivity index is 2.76. The molecule has 0 spiro atoms. The molecule has 82 valence electrons. The quantitative estimate of drug-likeness (QED) is 0.654. The summed E-state index contributed by atoms with van der Waals surface area (Å²) in [5.41, 5.74) is -0.556. The molecule has 0 aromatic carbocycles. The van der Waals surface area contributed by atoms with Crippen molar-refractivity contribution in [2.75, 3.05) is 7.11 Å². The molecule has 1 fully saturated rings. The van der Waals surface area contributed by atoms with E-state index in [0.717, 1.165) is 6.42 Å². The largest absolute Gasteiger partial charge is 0.640 e. The summed E-state index contributed by atoms with van der Waals surface area (Å²) in [5.74, 6) is 0.582. The van der Waals surface area contributed by atoms with Gasteiger partial charge in [0.1, 0.15) is 0 Å². The summed E-state index contributed by atoms with van der Waals surface area (Å²) in [4.78, 5) is 0. The van der Waals surface area contributed by atoms with Crippen LogP contribution < -0.4 is 0 Å². The van der Waals surface area contributed by atoms with Gasteiger partial charge in [0.2, 0.25) is 0 Å². The first-order valence-electron chi connectivity index (χ1n) is 5.19.